The number of aromatic nitrogens is 1. The van der Waals surface area contributed by atoms with Crippen LogP contribution in [0.25, 0.3) is 0 Å². The van der Waals surface area contributed by atoms with Crippen molar-refractivity contribution in [2.45, 2.75) is 25.7 Å². The van der Waals surface area contributed by atoms with Crippen LogP contribution in [0.1, 0.15) is 26.0 Å². The topological polar surface area (TPSA) is 50.2 Å². The predicted octanol–water partition coefficient (Wildman–Crippen LogP) is 2.66. The van der Waals surface area contributed by atoms with E-state index in [0.29, 0.717) is 12.1 Å². The Hall–Kier alpha value is -0.420. The van der Waals surface area contributed by atoms with Crippen LogP contribution in [-0.4, -0.2) is 16.1 Å². The molecule has 0 aliphatic heterocycles. The highest BCUT2D eigenvalue weighted by atomic mass is 79.9. The summed E-state index contributed by atoms with van der Waals surface area (Å²) in [6, 6.07) is 0. The Morgan fingerprint density at radius 3 is 2.57 bits per heavy atom. The van der Waals surface area contributed by atoms with E-state index in [1.165, 1.54) is 11.3 Å². The zero-order valence-electron chi connectivity index (χ0n) is 7.87. The molecule has 5 heteroatoms. The minimum Gasteiger partial charge on any atom is -0.481 e. The van der Waals surface area contributed by atoms with E-state index in [0.717, 1.165) is 3.92 Å². The first kappa shape index (κ1) is 10.1. The van der Waals surface area contributed by atoms with Gasteiger partial charge in [-0.25, -0.2) is 4.98 Å². The van der Waals surface area contributed by atoms with Gasteiger partial charge >= 0.3 is 5.97 Å². The van der Waals surface area contributed by atoms with Crippen LogP contribution in [0.4, 0.5) is 0 Å². The molecule has 1 aromatic heterocycles. The van der Waals surface area contributed by atoms with Crippen molar-refractivity contribution >= 4 is 33.2 Å². The molecule has 0 saturated heterocycles. The zero-order valence-corrected chi connectivity index (χ0v) is 10.3. The number of rotatable bonds is 2. The van der Waals surface area contributed by atoms with Gasteiger partial charge in [-0.05, 0) is 27.8 Å². The first-order valence-corrected chi connectivity index (χ1v) is 5.92. The van der Waals surface area contributed by atoms with Gasteiger partial charge in [-0.2, -0.15) is 0 Å². The van der Waals surface area contributed by atoms with Crippen LogP contribution >= 0.6 is 27.3 Å². The van der Waals surface area contributed by atoms with E-state index in [9.17, 15) is 9.90 Å². The summed E-state index contributed by atoms with van der Waals surface area (Å²) in [7, 11) is 0. The number of carboxylic acid groups (broad SMARTS) is 1. The lowest BCUT2D eigenvalue weighted by atomic mass is 9.93. The fourth-order valence-electron chi connectivity index (χ4n) is 1.98. The molecule has 2 rings (SSSR count). The molecule has 0 bridgehead atoms. The molecule has 1 N–H and O–H groups in total. The van der Waals surface area contributed by atoms with Crippen LogP contribution in [0.15, 0.2) is 9.30 Å². The Balaban J connectivity index is 2.46. The molecule has 0 amide bonds. The van der Waals surface area contributed by atoms with Gasteiger partial charge in [-0.15, -0.1) is 11.3 Å². The summed E-state index contributed by atoms with van der Waals surface area (Å²) >= 11 is 4.69. The summed E-state index contributed by atoms with van der Waals surface area (Å²) in [5, 5.41) is 11.1. The van der Waals surface area contributed by atoms with E-state index in [1.54, 1.807) is 0 Å². The third kappa shape index (κ3) is 1.15. The molecule has 1 atom stereocenters. The quantitative estimate of drug-likeness (QED) is 0.903. The van der Waals surface area contributed by atoms with E-state index in [2.05, 4.69) is 20.9 Å². The molecule has 1 heterocycles. The standard InChI is InChI=1S/C9H10BrNO2S/c1-8(2)4-9(8,6(12)13)5-3-14-7(10)11-5/h3H,4H2,1-2H3,(H,12,13). The Kier molecular flexibility index (Phi) is 2.02. The number of hydrogen-bond acceptors (Lipinski definition) is 3. The Morgan fingerprint density at radius 1 is 1.71 bits per heavy atom. The third-order valence-electron chi connectivity index (χ3n) is 3.02. The molecule has 1 saturated carbocycles. The van der Waals surface area contributed by atoms with Crippen LogP contribution in [0, 0.1) is 5.41 Å². The fourth-order valence-corrected chi connectivity index (χ4v) is 3.06. The highest BCUT2D eigenvalue weighted by Gasteiger charge is 2.69. The molecule has 1 aliphatic carbocycles. The van der Waals surface area contributed by atoms with E-state index in [1.807, 2.05) is 19.2 Å². The SMILES string of the molecule is CC1(C)CC1(C(=O)O)c1csc(Br)n1. The van der Waals surface area contributed by atoms with Crippen molar-refractivity contribution in [1.82, 2.24) is 4.98 Å². The number of nitrogens with zero attached hydrogens (tertiary/aromatic N) is 1. The second-order valence-corrected chi connectivity index (χ2v) is 6.39. The van der Waals surface area contributed by atoms with Gasteiger partial charge in [-0.3, -0.25) is 4.79 Å². The van der Waals surface area contributed by atoms with E-state index in [4.69, 9.17) is 0 Å². The lowest BCUT2D eigenvalue weighted by Crippen LogP contribution is -2.25. The summed E-state index contributed by atoms with van der Waals surface area (Å²) in [6.45, 7) is 3.93. The lowest BCUT2D eigenvalue weighted by Gasteiger charge is -2.12. The normalized spacial score (nSPS) is 28.8. The van der Waals surface area contributed by atoms with Gasteiger partial charge in [0.2, 0.25) is 0 Å². The number of aliphatic carboxylic acids is 1. The highest BCUT2D eigenvalue weighted by molar-refractivity contribution is 9.11. The molecule has 0 aromatic carbocycles. The van der Waals surface area contributed by atoms with E-state index >= 15 is 0 Å². The van der Waals surface area contributed by atoms with Crippen LogP contribution in [-0.2, 0) is 10.2 Å². The molecule has 0 spiro atoms. The van der Waals surface area contributed by atoms with Crippen LogP contribution in [0.2, 0.25) is 0 Å². The fraction of sp³-hybridized carbons (Fsp3) is 0.556. The summed E-state index contributed by atoms with van der Waals surface area (Å²) in [5.41, 5.74) is -0.242. The lowest BCUT2D eigenvalue weighted by molar-refractivity contribution is -0.141. The maximum atomic E-state index is 11.3. The molecule has 1 fully saturated rings. The van der Waals surface area contributed by atoms with Gasteiger partial charge < -0.3 is 5.11 Å². The molecule has 1 aliphatic rings. The smallest absolute Gasteiger partial charge is 0.316 e. The van der Waals surface area contributed by atoms with Crippen LogP contribution in [0.3, 0.4) is 0 Å². The predicted molar refractivity (Wildman–Crippen MR) is 57.5 cm³/mol. The van der Waals surface area contributed by atoms with Crippen molar-refractivity contribution in [3.63, 3.8) is 0 Å². The molecule has 1 aromatic rings. The maximum Gasteiger partial charge on any atom is 0.316 e. The molecule has 76 valence electrons. The second-order valence-electron chi connectivity index (χ2n) is 4.26. The average molecular weight is 276 g/mol. The third-order valence-corrected chi connectivity index (χ3v) is 4.38. The molecule has 14 heavy (non-hydrogen) atoms. The van der Waals surface area contributed by atoms with Gasteiger partial charge in [0.05, 0.1) is 5.69 Å². The summed E-state index contributed by atoms with van der Waals surface area (Å²) in [6.07, 6.45) is 0.672. The zero-order chi connectivity index (χ0) is 10.6. The average Bonchev–Trinajstić information content (AvgIpc) is 2.44. The first-order valence-electron chi connectivity index (χ1n) is 4.25. The van der Waals surface area contributed by atoms with E-state index < -0.39 is 11.4 Å². The van der Waals surface area contributed by atoms with Gasteiger partial charge in [0.1, 0.15) is 5.41 Å². The van der Waals surface area contributed by atoms with Crippen LogP contribution in [0.5, 0.6) is 0 Å². The number of carbonyl (C=O) groups is 1. The largest absolute Gasteiger partial charge is 0.481 e. The van der Waals surface area contributed by atoms with Gasteiger partial charge in [0.25, 0.3) is 0 Å². The Morgan fingerprint density at radius 2 is 2.29 bits per heavy atom. The highest BCUT2D eigenvalue weighted by Crippen LogP contribution is 2.64. The van der Waals surface area contributed by atoms with Crippen LogP contribution < -0.4 is 0 Å². The van der Waals surface area contributed by atoms with Gasteiger partial charge in [0, 0.05) is 5.38 Å². The number of hydrogen-bond donors (Lipinski definition) is 1. The van der Waals surface area contributed by atoms with Gasteiger partial charge in [0.15, 0.2) is 3.92 Å². The second kappa shape index (κ2) is 2.79. The summed E-state index contributed by atoms with van der Waals surface area (Å²) in [4.78, 5) is 15.5. The monoisotopic (exact) mass is 275 g/mol. The van der Waals surface area contributed by atoms with Crippen molar-refractivity contribution in [2.75, 3.05) is 0 Å². The van der Waals surface area contributed by atoms with Crippen molar-refractivity contribution in [2.24, 2.45) is 5.41 Å². The molecular formula is C9H10BrNO2S. The first-order chi connectivity index (χ1) is 6.40. The van der Waals surface area contributed by atoms with Gasteiger partial charge in [-0.1, -0.05) is 13.8 Å². The molecule has 1 unspecified atom stereocenters. The maximum absolute atomic E-state index is 11.3. The number of halogens is 1. The minimum absolute atomic E-state index is 0.174. The van der Waals surface area contributed by atoms with E-state index in [-0.39, 0.29) is 5.41 Å². The molecular weight excluding hydrogens is 266 g/mol. The van der Waals surface area contributed by atoms with Crippen molar-refractivity contribution in [3.05, 3.63) is 15.0 Å². The van der Waals surface area contributed by atoms with Crippen molar-refractivity contribution in [3.8, 4) is 0 Å². The molecule has 0 radical (unpaired) electrons. The Bertz CT molecular complexity index is 401. The molecule has 3 nitrogen and oxygen atoms in total. The van der Waals surface area contributed by atoms with Crippen molar-refractivity contribution in [1.29, 1.82) is 0 Å². The number of thiazole rings is 1. The van der Waals surface area contributed by atoms with Crippen molar-refractivity contribution < 1.29 is 9.90 Å². The summed E-state index contributed by atoms with van der Waals surface area (Å²) in [5.74, 6) is -0.764. The minimum atomic E-state index is -0.764. The Labute approximate surface area is 94.3 Å². The summed E-state index contributed by atoms with van der Waals surface area (Å²) < 4.78 is 0.746. The number of carboxylic acids is 1.